The molecule has 0 unspecified atom stereocenters. The van der Waals surface area contributed by atoms with Crippen LogP contribution in [0.3, 0.4) is 0 Å². The summed E-state index contributed by atoms with van der Waals surface area (Å²) in [5.41, 5.74) is 8.74. The van der Waals surface area contributed by atoms with Crippen molar-refractivity contribution in [3.05, 3.63) is 42.1 Å². The fourth-order valence-electron chi connectivity index (χ4n) is 3.17. The number of ether oxygens (including phenoxy) is 1. The maximum absolute atomic E-state index is 12.4. The fraction of sp³-hybridized carbons (Fsp3) is 0.474. The lowest BCUT2D eigenvalue weighted by atomic mass is 10.1. The first kappa shape index (κ1) is 17.6. The number of aryl methyl sites for hydroxylation is 1. The highest BCUT2D eigenvalue weighted by atomic mass is 16.5. The summed E-state index contributed by atoms with van der Waals surface area (Å²) in [6.45, 7) is 1.18. The molecule has 2 atom stereocenters. The quantitative estimate of drug-likeness (QED) is 0.806. The molecule has 2 heterocycles. The number of aromatic amines is 1. The SMILES string of the molecule is CN(CCCc1cc(-c2ccccc2)n[nH]1)C(=O)[C@@H]1CC[C@H](CN)O1. The van der Waals surface area contributed by atoms with E-state index in [9.17, 15) is 4.79 Å². The van der Waals surface area contributed by atoms with Crippen molar-refractivity contribution >= 4 is 5.91 Å². The molecule has 0 radical (unpaired) electrons. The third-order valence-corrected chi connectivity index (χ3v) is 4.66. The van der Waals surface area contributed by atoms with Crippen LogP contribution in [0.2, 0.25) is 0 Å². The molecule has 1 saturated heterocycles. The van der Waals surface area contributed by atoms with E-state index in [1.807, 2.05) is 37.4 Å². The second-order valence-electron chi connectivity index (χ2n) is 6.57. The number of likely N-dealkylation sites (N-methyl/N-ethyl adjacent to an activating group) is 1. The normalized spacial score (nSPS) is 19.9. The number of carbonyl (C=O) groups is 1. The monoisotopic (exact) mass is 342 g/mol. The number of nitrogens with zero attached hydrogens (tertiary/aromatic N) is 2. The van der Waals surface area contributed by atoms with E-state index in [0.29, 0.717) is 13.1 Å². The van der Waals surface area contributed by atoms with Crippen LogP contribution in [0, 0.1) is 0 Å². The standard InChI is InChI=1S/C19H26N4O2/c1-23(19(24)18-10-9-16(13-20)25-18)11-5-8-15-12-17(22-21-15)14-6-3-2-4-7-14/h2-4,6-7,12,16,18H,5,8-11,13,20H2,1H3,(H,21,22)/t16-,18+/m1/s1. The number of rotatable bonds is 7. The maximum atomic E-state index is 12.4. The largest absolute Gasteiger partial charge is 0.364 e. The van der Waals surface area contributed by atoms with Crippen molar-refractivity contribution in [2.75, 3.05) is 20.1 Å². The van der Waals surface area contributed by atoms with E-state index in [4.69, 9.17) is 10.5 Å². The Bertz CT molecular complexity index is 686. The third-order valence-electron chi connectivity index (χ3n) is 4.66. The Labute approximate surface area is 148 Å². The molecule has 1 aromatic heterocycles. The summed E-state index contributed by atoms with van der Waals surface area (Å²) in [5, 5.41) is 7.45. The van der Waals surface area contributed by atoms with Gasteiger partial charge in [0.15, 0.2) is 0 Å². The van der Waals surface area contributed by atoms with Crippen LogP contribution < -0.4 is 5.73 Å². The van der Waals surface area contributed by atoms with Gasteiger partial charge < -0.3 is 15.4 Å². The van der Waals surface area contributed by atoms with Crippen molar-refractivity contribution in [3.8, 4) is 11.3 Å². The molecule has 6 nitrogen and oxygen atoms in total. The lowest BCUT2D eigenvalue weighted by molar-refractivity contribution is -0.141. The van der Waals surface area contributed by atoms with Gasteiger partial charge in [0.1, 0.15) is 6.10 Å². The van der Waals surface area contributed by atoms with E-state index in [0.717, 1.165) is 42.6 Å². The molecule has 1 fully saturated rings. The molecular formula is C19H26N4O2. The Morgan fingerprint density at radius 2 is 2.16 bits per heavy atom. The first-order valence-corrected chi connectivity index (χ1v) is 8.87. The van der Waals surface area contributed by atoms with E-state index in [2.05, 4.69) is 16.3 Å². The zero-order chi connectivity index (χ0) is 17.6. The molecule has 0 saturated carbocycles. The Morgan fingerprint density at radius 3 is 2.88 bits per heavy atom. The number of aromatic nitrogens is 2. The Hall–Kier alpha value is -2.18. The van der Waals surface area contributed by atoms with Crippen LogP contribution in [-0.4, -0.2) is 53.3 Å². The Balaban J connectivity index is 1.45. The zero-order valence-corrected chi connectivity index (χ0v) is 14.6. The molecule has 0 spiro atoms. The van der Waals surface area contributed by atoms with Crippen LogP contribution in [0.1, 0.15) is 25.0 Å². The highest BCUT2D eigenvalue weighted by Gasteiger charge is 2.31. The molecule has 6 heteroatoms. The fourth-order valence-corrected chi connectivity index (χ4v) is 3.17. The predicted octanol–water partition coefficient (Wildman–Crippen LogP) is 1.97. The highest BCUT2D eigenvalue weighted by Crippen LogP contribution is 2.21. The predicted molar refractivity (Wildman–Crippen MR) is 96.9 cm³/mol. The van der Waals surface area contributed by atoms with E-state index in [1.165, 1.54) is 0 Å². The lowest BCUT2D eigenvalue weighted by Gasteiger charge is -2.21. The van der Waals surface area contributed by atoms with Gasteiger partial charge in [-0.25, -0.2) is 0 Å². The van der Waals surface area contributed by atoms with Crippen molar-refractivity contribution in [1.29, 1.82) is 0 Å². The molecule has 1 aliphatic heterocycles. The van der Waals surface area contributed by atoms with Gasteiger partial charge in [0.25, 0.3) is 5.91 Å². The Kier molecular flexibility index (Phi) is 5.83. The Morgan fingerprint density at radius 1 is 1.36 bits per heavy atom. The van der Waals surface area contributed by atoms with E-state index >= 15 is 0 Å². The van der Waals surface area contributed by atoms with Gasteiger partial charge in [0.2, 0.25) is 0 Å². The molecule has 1 amide bonds. The summed E-state index contributed by atoms with van der Waals surface area (Å²) in [7, 11) is 1.84. The van der Waals surface area contributed by atoms with Crippen LogP contribution in [0.15, 0.2) is 36.4 Å². The van der Waals surface area contributed by atoms with Gasteiger partial charge in [0.05, 0.1) is 11.8 Å². The van der Waals surface area contributed by atoms with E-state index < -0.39 is 0 Å². The van der Waals surface area contributed by atoms with Crippen molar-refractivity contribution in [1.82, 2.24) is 15.1 Å². The van der Waals surface area contributed by atoms with E-state index in [1.54, 1.807) is 4.90 Å². The summed E-state index contributed by atoms with van der Waals surface area (Å²) in [6.07, 6.45) is 3.09. The number of carbonyl (C=O) groups excluding carboxylic acids is 1. The molecule has 1 aromatic carbocycles. The second-order valence-corrected chi connectivity index (χ2v) is 6.57. The molecule has 3 rings (SSSR count). The summed E-state index contributed by atoms with van der Waals surface area (Å²) < 4.78 is 5.68. The highest BCUT2D eigenvalue weighted by molar-refractivity contribution is 5.80. The minimum atomic E-state index is -0.324. The smallest absolute Gasteiger partial charge is 0.251 e. The minimum absolute atomic E-state index is 0.0313. The molecule has 0 aliphatic carbocycles. The van der Waals surface area contributed by atoms with Crippen molar-refractivity contribution in [2.45, 2.75) is 37.9 Å². The van der Waals surface area contributed by atoms with Gasteiger partial charge in [-0.2, -0.15) is 5.10 Å². The van der Waals surface area contributed by atoms with Crippen molar-refractivity contribution in [3.63, 3.8) is 0 Å². The van der Waals surface area contributed by atoms with Crippen molar-refractivity contribution < 1.29 is 9.53 Å². The first-order valence-electron chi connectivity index (χ1n) is 8.87. The maximum Gasteiger partial charge on any atom is 0.251 e. The molecular weight excluding hydrogens is 316 g/mol. The third kappa shape index (κ3) is 4.46. The van der Waals surface area contributed by atoms with Crippen LogP contribution in [-0.2, 0) is 16.0 Å². The summed E-state index contributed by atoms with van der Waals surface area (Å²) in [6, 6.07) is 12.2. The van der Waals surface area contributed by atoms with Crippen LogP contribution in [0.25, 0.3) is 11.3 Å². The molecule has 2 aromatic rings. The number of benzene rings is 1. The van der Waals surface area contributed by atoms with Gasteiger partial charge in [-0.1, -0.05) is 30.3 Å². The lowest BCUT2D eigenvalue weighted by Crippen LogP contribution is -2.37. The van der Waals surface area contributed by atoms with Crippen molar-refractivity contribution in [2.24, 2.45) is 5.73 Å². The number of hydrogen-bond acceptors (Lipinski definition) is 4. The molecule has 0 bridgehead atoms. The van der Waals surface area contributed by atoms with Gasteiger partial charge in [-0.3, -0.25) is 9.89 Å². The number of amides is 1. The summed E-state index contributed by atoms with van der Waals surface area (Å²) in [5.74, 6) is 0.0607. The molecule has 1 aliphatic rings. The first-order chi connectivity index (χ1) is 12.2. The average Bonchev–Trinajstić information content (AvgIpc) is 3.31. The topological polar surface area (TPSA) is 84.2 Å². The molecule has 3 N–H and O–H groups in total. The number of nitrogens with one attached hydrogen (secondary N) is 1. The summed E-state index contributed by atoms with van der Waals surface area (Å²) in [4.78, 5) is 14.1. The van der Waals surface area contributed by atoms with Gasteiger partial charge in [-0.15, -0.1) is 0 Å². The van der Waals surface area contributed by atoms with Gasteiger partial charge >= 0.3 is 0 Å². The number of nitrogens with two attached hydrogens (primary N) is 1. The molecule has 134 valence electrons. The van der Waals surface area contributed by atoms with Gasteiger partial charge in [0, 0.05) is 31.4 Å². The molecule has 25 heavy (non-hydrogen) atoms. The number of hydrogen-bond donors (Lipinski definition) is 2. The second kappa shape index (κ2) is 8.27. The number of H-pyrrole nitrogens is 1. The zero-order valence-electron chi connectivity index (χ0n) is 14.6. The van der Waals surface area contributed by atoms with Crippen LogP contribution >= 0.6 is 0 Å². The average molecular weight is 342 g/mol. The van der Waals surface area contributed by atoms with Crippen LogP contribution in [0.5, 0.6) is 0 Å². The minimum Gasteiger partial charge on any atom is -0.364 e. The van der Waals surface area contributed by atoms with E-state index in [-0.39, 0.29) is 18.1 Å². The van der Waals surface area contributed by atoms with Crippen LogP contribution in [0.4, 0.5) is 0 Å². The van der Waals surface area contributed by atoms with Gasteiger partial charge in [-0.05, 0) is 31.7 Å². The summed E-state index contributed by atoms with van der Waals surface area (Å²) >= 11 is 0.